The molecule has 0 aliphatic carbocycles. The smallest absolute Gasteiger partial charge is 0.342 e. The number of carbonyl (C=O) groups excluding carboxylic acids is 1. The summed E-state index contributed by atoms with van der Waals surface area (Å²) in [6.07, 6.45) is 2.94. The third kappa shape index (κ3) is 3.25. The van der Waals surface area contributed by atoms with Crippen molar-refractivity contribution in [2.45, 2.75) is 13.5 Å². The number of rotatable bonds is 5. The van der Waals surface area contributed by atoms with E-state index in [-0.39, 0.29) is 24.6 Å². The van der Waals surface area contributed by atoms with Gasteiger partial charge in [0.25, 0.3) is 0 Å². The van der Waals surface area contributed by atoms with Gasteiger partial charge >= 0.3 is 5.97 Å². The Morgan fingerprint density at radius 1 is 1.53 bits per heavy atom. The highest BCUT2D eigenvalue weighted by Crippen LogP contribution is 2.21. The summed E-state index contributed by atoms with van der Waals surface area (Å²) in [5.74, 6) is 0.690. The van der Waals surface area contributed by atoms with Crippen LogP contribution in [-0.2, 0) is 11.3 Å². The third-order valence-electron chi connectivity index (χ3n) is 2.33. The van der Waals surface area contributed by atoms with Crippen molar-refractivity contribution < 1.29 is 18.7 Å². The van der Waals surface area contributed by atoms with Crippen molar-refractivity contribution >= 4 is 11.8 Å². The molecule has 6 nitrogen and oxygen atoms in total. The largest absolute Gasteiger partial charge is 0.483 e. The van der Waals surface area contributed by atoms with E-state index in [4.69, 9.17) is 19.6 Å². The minimum absolute atomic E-state index is 0.199. The molecule has 2 aromatic heterocycles. The highest BCUT2D eigenvalue weighted by Gasteiger charge is 2.15. The van der Waals surface area contributed by atoms with Crippen molar-refractivity contribution in [3.05, 3.63) is 42.0 Å². The van der Waals surface area contributed by atoms with Crippen LogP contribution in [0.5, 0.6) is 5.75 Å². The Morgan fingerprint density at radius 2 is 2.37 bits per heavy atom. The molecule has 0 spiro atoms. The van der Waals surface area contributed by atoms with Gasteiger partial charge in [0.2, 0.25) is 0 Å². The summed E-state index contributed by atoms with van der Waals surface area (Å²) in [6, 6.07) is 4.95. The molecule has 0 fully saturated rings. The summed E-state index contributed by atoms with van der Waals surface area (Å²) in [4.78, 5) is 15.7. The van der Waals surface area contributed by atoms with E-state index in [0.717, 1.165) is 0 Å². The van der Waals surface area contributed by atoms with E-state index in [1.165, 1.54) is 12.3 Å². The molecule has 6 heteroatoms. The lowest BCUT2D eigenvalue weighted by atomic mass is 10.2. The molecule has 2 heterocycles. The van der Waals surface area contributed by atoms with Gasteiger partial charge in [0.1, 0.15) is 23.7 Å². The summed E-state index contributed by atoms with van der Waals surface area (Å²) < 4.78 is 15.6. The van der Waals surface area contributed by atoms with Gasteiger partial charge in [-0.25, -0.2) is 9.78 Å². The second-order valence-electron chi connectivity index (χ2n) is 3.69. The highest BCUT2D eigenvalue weighted by molar-refractivity contribution is 5.93. The SMILES string of the molecule is CCOC(=O)c1cc(N)ncc1OCc1ccco1. The molecule has 0 saturated carbocycles. The fraction of sp³-hybridized carbons (Fsp3) is 0.231. The maximum Gasteiger partial charge on any atom is 0.342 e. The van der Waals surface area contributed by atoms with Crippen LogP contribution in [0.2, 0.25) is 0 Å². The Labute approximate surface area is 110 Å². The van der Waals surface area contributed by atoms with Gasteiger partial charge in [-0.1, -0.05) is 0 Å². The van der Waals surface area contributed by atoms with Gasteiger partial charge in [-0.2, -0.15) is 0 Å². The molecule has 0 radical (unpaired) electrons. The molecular weight excluding hydrogens is 248 g/mol. The van der Waals surface area contributed by atoms with E-state index >= 15 is 0 Å². The van der Waals surface area contributed by atoms with Crippen LogP contribution < -0.4 is 10.5 Å². The molecule has 0 unspecified atom stereocenters. The lowest BCUT2D eigenvalue weighted by molar-refractivity contribution is 0.0520. The van der Waals surface area contributed by atoms with Crippen molar-refractivity contribution in [2.75, 3.05) is 12.3 Å². The molecule has 0 aromatic carbocycles. The molecule has 0 saturated heterocycles. The van der Waals surface area contributed by atoms with E-state index < -0.39 is 5.97 Å². The molecule has 0 aliphatic rings. The van der Waals surface area contributed by atoms with Gasteiger partial charge in [0.05, 0.1) is 19.1 Å². The molecule has 0 aliphatic heterocycles. The predicted molar refractivity (Wildman–Crippen MR) is 67.6 cm³/mol. The maximum absolute atomic E-state index is 11.8. The first-order chi connectivity index (χ1) is 9.20. The van der Waals surface area contributed by atoms with Crippen LogP contribution in [0.25, 0.3) is 0 Å². The molecule has 19 heavy (non-hydrogen) atoms. The minimum Gasteiger partial charge on any atom is -0.483 e. The minimum atomic E-state index is -0.494. The van der Waals surface area contributed by atoms with Crippen molar-refractivity contribution in [1.82, 2.24) is 4.98 Å². The van der Waals surface area contributed by atoms with Crippen LogP contribution >= 0.6 is 0 Å². The van der Waals surface area contributed by atoms with Gasteiger partial charge in [0.15, 0.2) is 5.75 Å². The quantitative estimate of drug-likeness (QED) is 0.829. The molecule has 2 N–H and O–H groups in total. The molecule has 100 valence electrons. The topological polar surface area (TPSA) is 87.6 Å². The standard InChI is InChI=1S/C13H14N2O4/c1-2-17-13(16)10-6-12(14)15-7-11(10)19-8-9-4-3-5-18-9/h3-7H,2,8H2,1H3,(H2,14,15). The second kappa shape index (κ2) is 5.90. The van der Waals surface area contributed by atoms with Crippen molar-refractivity contribution in [1.29, 1.82) is 0 Å². The lowest BCUT2D eigenvalue weighted by Gasteiger charge is -2.10. The van der Waals surface area contributed by atoms with Gasteiger partial charge in [-0.15, -0.1) is 0 Å². The van der Waals surface area contributed by atoms with E-state index in [0.29, 0.717) is 11.5 Å². The van der Waals surface area contributed by atoms with E-state index in [1.807, 2.05) is 0 Å². The number of anilines is 1. The van der Waals surface area contributed by atoms with Gasteiger partial charge in [0, 0.05) is 0 Å². The summed E-state index contributed by atoms with van der Waals surface area (Å²) in [5.41, 5.74) is 5.81. The van der Waals surface area contributed by atoms with Crippen LogP contribution in [-0.4, -0.2) is 17.6 Å². The first-order valence-corrected chi connectivity index (χ1v) is 5.78. The fourth-order valence-corrected chi connectivity index (χ4v) is 1.49. The number of hydrogen-bond donors (Lipinski definition) is 1. The van der Waals surface area contributed by atoms with Crippen molar-refractivity contribution in [2.24, 2.45) is 0 Å². The van der Waals surface area contributed by atoms with Crippen LogP contribution in [0.15, 0.2) is 35.1 Å². The normalized spacial score (nSPS) is 10.2. The summed E-state index contributed by atoms with van der Waals surface area (Å²) in [6.45, 7) is 2.20. The maximum atomic E-state index is 11.8. The van der Waals surface area contributed by atoms with Crippen LogP contribution in [0.4, 0.5) is 5.82 Å². The zero-order chi connectivity index (χ0) is 13.7. The molecule has 2 aromatic rings. The highest BCUT2D eigenvalue weighted by atomic mass is 16.5. The average molecular weight is 262 g/mol. The number of ether oxygens (including phenoxy) is 2. The van der Waals surface area contributed by atoms with Crippen LogP contribution in [0.1, 0.15) is 23.0 Å². The first kappa shape index (κ1) is 12.9. The number of carbonyl (C=O) groups is 1. The Balaban J connectivity index is 2.16. The number of hydrogen-bond acceptors (Lipinski definition) is 6. The Morgan fingerprint density at radius 3 is 3.05 bits per heavy atom. The number of aromatic nitrogens is 1. The number of pyridine rings is 1. The molecular formula is C13H14N2O4. The zero-order valence-corrected chi connectivity index (χ0v) is 10.5. The monoisotopic (exact) mass is 262 g/mol. The molecule has 0 amide bonds. The molecule has 2 rings (SSSR count). The first-order valence-electron chi connectivity index (χ1n) is 5.78. The Kier molecular flexibility index (Phi) is 4.02. The predicted octanol–water partition coefficient (Wildman–Crippen LogP) is 2.01. The van der Waals surface area contributed by atoms with Crippen molar-refractivity contribution in [3.63, 3.8) is 0 Å². The third-order valence-corrected chi connectivity index (χ3v) is 2.33. The zero-order valence-electron chi connectivity index (χ0n) is 10.5. The molecule has 0 bridgehead atoms. The summed E-state index contributed by atoms with van der Waals surface area (Å²) in [5, 5.41) is 0. The summed E-state index contributed by atoms with van der Waals surface area (Å²) >= 11 is 0. The van der Waals surface area contributed by atoms with E-state index in [9.17, 15) is 4.79 Å². The number of furan rings is 1. The Hall–Kier alpha value is -2.50. The van der Waals surface area contributed by atoms with E-state index in [1.54, 1.807) is 25.3 Å². The van der Waals surface area contributed by atoms with E-state index in [2.05, 4.69) is 4.98 Å². The fourth-order valence-electron chi connectivity index (χ4n) is 1.49. The van der Waals surface area contributed by atoms with Crippen molar-refractivity contribution in [3.8, 4) is 5.75 Å². The van der Waals surface area contributed by atoms with Gasteiger partial charge in [-0.3, -0.25) is 0 Å². The van der Waals surface area contributed by atoms with Crippen LogP contribution in [0.3, 0.4) is 0 Å². The van der Waals surface area contributed by atoms with Gasteiger partial charge < -0.3 is 19.6 Å². The Bertz CT molecular complexity index is 552. The molecule has 0 atom stereocenters. The van der Waals surface area contributed by atoms with Crippen LogP contribution in [0, 0.1) is 0 Å². The number of nitrogens with zero attached hydrogens (tertiary/aromatic N) is 1. The second-order valence-corrected chi connectivity index (χ2v) is 3.69. The number of nitrogens with two attached hydrogens (primary N) is 1. The van der Waals surface area contributed by atoms with Gasteiger partial charge in [-0.05, 0) is 25.1 Å². The number of nitrogen functional groups attached to an aromatic ring is 1. The summed E-state index contributed by atoms with van der Waals surface area (Å²) in [7, 11) is 0. The lowest BCUT2D eigenvalue weighted by Crippen LogP contribution is -2.09. The number of esters is 1. The average Bonchev–Trinajstić information content (AvgIpc) is 2.90.